The lowest BCUT2D eigenvalue weighted by atomic mass is 9.99. The molecule has 0 saturated carbocycles. The molecular weight excluding hydrogens is 376 g/mol. The summed E-state index contributed by atoms with van der Waals surface area (Å²) >= 11 is 6.16. The average molecular weight is 397 g/mol. The first-order chi connectivity index (χ1) is 13.5. The largest absolute Gasteiger partial charge is 0.487 e. The van der Waals surface area contributed by atoms with E-state index in [0.717, 1.165) is 18.5 Å². The van der Waals surface area contributed by atoms with Crippen molar-refractivity contribution in [2.45, 2.75) is 33.3 Å². The van der Waals surface area contributed by atoms with Gasteiger partial charge in [-0.05, 0) is 50.5 Å². The Morgan fingerprint density at radius 1 is 1.25 bits per heavy atom. The van der Waals surface area contributed by atoms with E-state index in [2.05, 4.69) is 18.1 Å². The Bertz CT molecular complexity index is 1030. The number of amides is 1. The van der Waals surface area contributed by atoms with Crippen LogP contribution in [0.2, 0.25) is 5.02 Å². The number of halogens is 1. The van der Waals surface area contributed by atoms with Crippen molar-refractivity contribution in [1.82, 2.24) is 5.16 Å². The molecule has 2 heterocycles. The van der Waals surface area contributed by atoms with Gasteiger partial charge in [-0.15, -0.1) is 0 Å². The number of benzene rings is 2. The number of ether oxygens (including phenoxy) is 1. The van der Waals surface area contributed by atoms with Crippen LogP contribution in [0.3, 0.4) is 0 Å². The van der Waals surface area contributed by atoms with Gasteiger partial charge in [-0.3, -0.25) is 4.79 Å². The number of hydrogen-bond acceptors (Lipinski definition) is 4. The van der Waals surface area contributed by atoms with Crippen molar-refractivity contribution >= 4 is 23.2 Å². The number of fused-ring (bicyclic) bond motifs is 1. The highest BCUT2D eigenvalue weighted by atomic mass is 35.5. The molecule has 0 unspecified atom stereocenters. The fraction of sp³-hybridized carbons (Fsp3) is 0.273. The highest BCUT2D eigenvalue weighted by Crippen LogP contribution is 2.31. The van der Waals surface area contributed by atoms with E-state index in [0.29, 0.717) is 28.6 Å². The van der Waals surface area contributed by atoms with E-state index in [1.165, 1.54) is 11.1 Å². The molecule has 0 saturated heterocycles. The van der Waals surface area contributed by atoms with E-state index in [1.54, 1.807) is 24.0 Å². The predicted octanol–water partition coefficient (Wildman–Crippen LogP) is 5.12. The number of carbonyl (C=O) groups is 1. The first-order valence-corrected chi connectivity index (χ1v) is 9.66. The predicted molar refractivity (Wildman–Crippen MR) is 108 cm³/mol. The maximum absolute atomic E-state index is 13.3. The molecule has 3 aromatic rings. The minimum absolute atomic E-state index is 0.161. The number of hydrogen-bond donors (Lipinski definition) is 0. The summed E-state index contributed by atoms with van der Waals surface area (Å²) in [7, 11) is 0. The molecule has 0 N–H and O–H groups in total. The summed E-state index contributed by atoms with van der Waals surface area (Å²) in [6.45, 7) is 4.66. The van der Waals surface area contributed by atoms with Crippen LogP contribution in [0.15, 0.2) is 47.0 Å². The topological polar surface area (TPSA) is 55.6 Å². The highest BCUT2D eigenvalue weighted by Gasteiger charge is 2.29. The zero-order valence-corrected chi connectivity index (χ0v) is 16.6. The van der Waals surface area contributed by atoms with E-state index >= 15 is 0 Å². The zero-order valence-electron chi connectivity index (χ0n) is 15.9. The number of carbonyl (C=O) groups excluding carboxylic acids is 1. The summed E-state index contributed by atoms with van der Waals surface area (Å²) in [6, 6.07) is 13.4. The molecule has 5 nitrogen and oxygen atoms in total. The fourth-order valence-corrected chi connectivity index (χ4v) is 3.70. The van der Waals surface area contributed by atoms with E-state index in [4.69, 9.17) is 20.9 Å². The Labute approximate surface area is 168 Å². The number of aromatic nitrogens is 1. The summed E-state index contributed by atoms with van der Waals surface area (Å²) in [5.74, 6) is 0.956. The maximum Gasteiger partial charge on any atom is 0.280 e. The SMILES string of the molecule is Cc1ccc2c(c1)CCCN2C(=O)c1noc(C)c1COc1ccccc1Cl. The van der Waals surface area contributed by atoms with Crippen molar-refractivity contribution < 1.29 is 14.1 Å². The second-order valence-electron chi connectivity index (χ2n) is 6.98. The van der Waals surface area contributed by atoms with Gasteiger partial charge in [-0.1, -0.05) is 46.6 Å². The molecule has 4 rings (SSSR count). The van der Waals surface area contributed by atoms with E-state index < -0.39 is 0 Å². The molecule has 0 atom stereocenters. The Kier molecular flexibility index (Phi) is 5.09. The number of nitrogens with zero attached hydrogens (tertiary/aromatic N) is 2. The minimum Gasteiger partial charge on any atom is -0.487 e. The van der Waals surface area contributed by atoms with Crippen molar-refractivity contribution in [2.24, 2.45) is 0 Å². The van der Waals surface area contributed by atoms with E-state index in [9.17, 15) is 4.79 Å². The van der Waals surface area contributed by atoms with Crippen molar-refractivity contribution in [1.29, 1.82) is 0 Å². The highest BCUT2D eigenvalue weighted by molar-refractivity contribution is 6.32. The third-order valence-corrected chi connectivity index (χ3v) is 5.31. The molecule has 6 heteroatoms. The van der Waals surface area contributed by atoms with Crippen molar-refractivity contribution in [3.8, 4) is 5.75 Å². The second-order valence-corrected chi connectivity index (χ2v) is 7.38. The van der Waals surface area contributed by atoms with Crippen LogP contribution in [0.4, 0.5) is 5.69 Å². The van der Waals surface area contributed by atoms with Gasteiger partial charge in [0.25, 0.3) is 5.91 Å². The lowest BCUT2D eigenvalue weighted by molar-refractivity contribution is 0.0974. The summed E-state index contributed by atoms with van der Waals surface area (Å²) < 4.78 is 11.1. The Morgan fingerprint density at radius 2 is 2.07 bits per heavy atom. The van der Waals surface area contributed by atoms with Gasteiger partial charge in [0.1, 0.15) is 18.1 Å². The third-order valence-electron chi connectivity index (χ3n) is 4.99. The normalized spacial score (nSPS) is 13.3. The van der Waals surface area contributed by atoms with Gasteiger partial charge in [0, 0.05) is 12.2 Å². The molecule has 1 amide bonds. The van der Waals surface area contributed by atoms with Crippen LogP contribution in [-0.4, -0.2) is 17.6 Å². The Balaban J connectivity index is 1.61. The molecule has 0 aliphatic carbocycles. The smallest absolute Gasteiger partial charge is 0.280 e. The first kappa shape index (κ1) is 18.6. The van der Waals surface area contributed by atoms with Gasteiger partial charge >= 0.3 is 0 Å². The van der Waals surface area contributed by atoms with Gasteiger partial charge in [0.05, 0.1) is 10.6 Å². The molecule has 1 aliphatic rings. The summed E-state index contributed by atoms with van der Waals surface area (Å²) in [5.41, 5.74) is 4.26. The van der Waals surface area contributed by atoms with Crippen LogP contribution >= 0.6 is 11.6 Å². The summed E-state index contributed by atoms with van der Waals surface area (Å²) in [6.07, 6.45) is 1.89. The van der Waals surface area contributed by atoms with E-state index in [1.807, 2.05) is 24.3 Å². The van der Waals surface area contributed by atoms with Gasteiger partial charge < -0.3 is 14.2 Å². The standard InChI is InChI=1S/C22H21ClN2O3/c1-14-9-10-19-16(12-14)6-5-11-25(19)22(26)21-17(15(2)28-24-21)13-27-20-8-4-3-7-18(20)23/h3-4,7-10,12H,5-6,11,13H2,1-2H3. The number of rotatable bonds is 4. The summed E-state index contributed by atoms with van der Waals surface area (Å²) in [5, 5.41) is 4.56. The van der Waals surface area contributed by atoms with Crippen LogP contribution in [0.25, 0.3) is 0 Å². The molecule has 144 valence electrons. The molecule has 0 spiro atoms. The van der Waals surface area contributed by atoms with Crippen LogP contribution in [0, 0.1) is 13.8 Å². The molecule has 0 bridgehead atoms. The fourth-order valence-electron chi connectivity index (χ4n) is 3.51. The lowest BCUT2D eigenvalue weighted by Crippen LogP contribution is -2.36. The zero-order chi connectivity index (χ0) is 19.7. The van der Waals surface area contributed by atoms with Gasteiger partial charge in [0.15, 0.2) is 5.69 Å². The molecule has 1 aliphatic heterocycles. The van der Waals surface area contributed by atoms with Crippen molar-refractivity contribution in [3.63, 3.8) is 0 Å². The molecular formula is C22H21ClN2O3. The Hall–Kier alpha value is -2.79. The van der Waals surface area contributed by atoms with Gasteiger partial charge in [0.2, 0.25) is 0 Å². The van der Waals surface area contributed by atoms with Gasteiger partial charge in [-0.2, -0.15) is 0 Å². The third kappa shape index (κ3) is 3.50. The van der Waals surface area contributed by atoms with Gasteiger partial charge in [-0.25, -0.2) is 0 Å². The molecule has 28 heavy (non-hydrogen) atoms. The van der Waals surface area contributed by atoms with Crippen molar-refractivity contribution in [3.05, 3.63) is 75.6 Å². The molecule has 0 fully saturated rings. The number of aryl methyl sites for hydroxylation is 3. The maximum atomic E-state index is 13.3. The van der Waals surface area contributed by atoms with E-state index in [-0.39, 0.29) is 18.2 Å². The van der Waals surface area contributed by atoms with Crippen LogP contribution in [0.1, 0.15) is 39.4 Å². The summed E-state index contributed by atoms with van der Waals surface area (Å²) in [4.78, 5) is 15.1. The molecule has 2 aromatic carbocycles. The average Bonchev–Trinajstić information content (AvgIpc) is 3.06. The number of anilines is 1. The monoisotopic (exact) mass is 396 g/mol. The number of para-hydroxylation sites is 1. The van der Waals surface area contributed by atoms with Crippen LogP contribution < -0.4 is 9.64 Å². The first-order valence-electron chi connectivity index (χ1n) is 9.28. The molecule has 0 radical (unpaired) electrons. The van der Waals surface area contributed by atoms with Crippen LogP contribution in [-0.2, 0) is 13.0 Å². The molecule has 1 aromatic heterocycles. The quantitative estimate of drug-likeness (QED) is 0.614. The minimum atomic E-state index is -0.167. The van der Waals surface area contributed by atoms with Crippen molar-refractivity contribution in [2.75, 3.05) is 11.4 Å². The van der Waals surface area contributed by atoms with Crippen LogP contribution in [0.5, 0.6) is 5.75 Å². The lowest BCUT2D eigenvalue weighted by Gasteiger charge is -2.29. The Morgan fingerprint density at radius 3 is 2.89 bits per heavy atom. The second kappa shape index (κ2) is 7.68.